The van der Waals surface area contributed by atoms with Gasteiger partial charge in [0.2, 0.25) is 5.91 Å². The van der Waals surface area contributed by atoms with E-state index in [1.165, 1.54) is 17.3 Å². The van der Waals surface area contributed by atoms with E-state index in [2.05, 4.69) is 41.1 Å². The normalized spacial score (nSPS) is 10.5. The second kappa shape index (κ2) is 10.5. The highest BCUT2D eigenvalue weighted by Gasteiger charge is 2.14. The molecule has 0 atom stereocenters. The maximum Gasteiger partial charge on any atom is 0.234 e. The summed E-state index contributed by atoms with van der Waals surface area (Å²) in [6, 6.07) is 17.4. The van der Waals surface area contributed by atoms with Crippen LogP contribution in [0, 0.1) is 0 Å². The zero-order valence-corrected chi connectivity index (χ0v) is 17.2. The number of anilines is 1. The molecule has 0 saturated heterocycles. The van der Waals surface area contributed by atoms with Crippen molar-refractivity contribution >= 4 is 23.4 Å². The van der Waals surface area contributed by atoms with Crippen LogP contribution in [0.2, 0.25) is 0 Å². The molecule has 1 heterocycles. The van der Waals surface area contributed by atoms with Gasteiger partial charge in [-0.15, -0.1) is 16.8 Å². The highest BCUT2D eigenvalue weighted by molar-refractivity contribution is 7.99. The monoisotopic (exact) mass is 408 g/mol. The van der Waals surface area contributed by atoms with Crippen LogP contribution in [0.25, 0.3) is 0 Å². The van der Waals surface area contributed by atoms with Crippen LogP contribution in [0.4, 0.5) is 5.69 Å². The predicted octanol–water partition coefficient (Wildman–Crippen LogP) is 4.34. The summed E-state index contributed by atoms with van der Waals surface area (Å²) in [5.41, 5.74) is 2.04. The lowest BCUT2D eigenvalue weighted by Crippen LogP contribution is -2.14. The Kier molecular flexibility index (Phi) is 7.47. The number of allylic oxidation sites excluding steroid dienone is 1. The molecule has 1 aromatic heterocycles. The second-order valence-corrected chi connectivity index (χ2v) is 7.23. The number of amides is 1. The van der Waals surface area contributed by atoms with Crippen molar-refractivity contribution in [2.75, 3.05) is 11.1 Å². The third kappa shape index (κ3) is 5.96. The van der Waals surface area contributed by atoms with Crippen molar-refractivity contribution in [2.24, 2.45) is 0 Å². The van der Waals surface area contributed by atoms with Gasteiger partial charge in [0, 0.05) is 12.2 Å². The molecule has 1 N–H and O–H groups in total. The van der Waals surface area contributed by atoms with Crippen LogP contribution in [0.15, 0.2) is 72.4 Å². The third-order valence-corrected chi connectivity index (χ3v) is 5.16. The van der Waals surface area contributed by atoms with Gasteiger partial charge in [-0.2, -0.15) is 0 Å². The van der Waals surface area contributed by atoms with Crippen molar-refractivity contribution in [3.8, 4) is 5.75 Å². The van der Waals surface area contributed by atoms with Crippen LogP contribution in [0.5, 0.6) is 5.75 Å². The van der Waals surface area contributed by atoms with Crippen molar-refractivity contribution in [2.45, 2.75) is 31.7 Å². The first-order valence-corrected chi connectivity index (χ1v) is 10.4. The zero-order chi connectivity index (χ0) is 20.5. The van der Waals surface area contributed by atoms with Crippen LogP contribution in [0.1, 0.15) is 18.3 Å². The smallest absolute Gasteiger partial charge is 0.234 e. The Bertz CT molecular complexity index is 939. The second-order valence-electron chi connectivity index (χ2n) is 6.29. The highest BCUT2D eigenvalue weighted by atomic mass is 32.2. The van der Waals surface area contributed by atoms with Gasteiger partial charge in [0.05, 0.1) is 5.75 Å². The summed E-state index contributed by atoms with van der Waals surface area (Å²) in [7, 11) is 0. The van der Waals surface area contributed by atoms with Gasteiger partial charge in [-0.05, 0) is 36.2 Å². The Balaban J connectivity index is 1.59. The van der Waals surface area contributed by atoms with Crippen molar-refractivity contribution in [3.05, 3.63) is 78.6 Å². The van der Waals surface area contributed by atoms with Gasteiger partial charge in [-0.3, -0.25) is 9.36 Å². The molecule has 0 aliphatic rings. The van der Waals surface area contributed by atoms with E-state index in [4.69, 9.17) is 4.74 Å². The van der Waals surface area contributed by atoms with E-state index in [1.54, 1.807) is 6.08 Å². The van der Waals surface area contributed by atoms with Gasteiger partial charge in [0.25, 0.3) is 0 Å². The molecule has 3 aromatic rings. The van der Waals surface area contributed by atoms with E-state index in [0.717, 1.165) is 17.9 Å². The standard InChI is InChI=1S/C22H24N4O2S/c1-3-14-26-20(15-28-19-12-10-17(4-2)11-13-19)24-25-22(26)29-16-21(27)23-18-8-6-5-7-9-18/h3,5-13H,1,4,14-16H2,2H3,(H,23,27). The number of aryl methyl sites for hydroxylation is 1. The Morgan fingerprint density at radius 2 is 1.93 bits per heavy atom. The number of hydrogen-bond donors (Lipinski definition) is 1. The minimum atomic E-state index is -0.0943. The topological polar surface area (TPSA) is 69.0 Å². The summed E-state index contributed by atoms with van der Waals surface area (Å²) in [6.07, 6.45) is 2.77. The number of nitrogens with one attached hydrogen (secondary N) is 1. The Labute approximate surface area is 175 Å². The molecule has 0 fully saturated rings. The van der Waals surface area contributed by atoms with E-state index in [-0.39, 0.29) is 11.7 Å². The maximum atomic E-state index is 12.2. The first-order chi connectivity index (χ1) is 14.2. The fourth-order valence-electron chi connectivity index (χ4n) is 2.66. The summed E-state index contributed by atoms with van der Waals surface area (Å²) >= 11 is 1.34. The Morgan fingerprint density at radius 1 is 1.17 bits per heavy atom. The molecule has 29 heavy (non-hydrogen) atoms. The van der Waals surface area contributed by atoms with Crippen LogP contribution >= 0.6 is 11.8 Å². The van der Waals surface area contributed by atoms with E-state index in [0.29, 0.717) is 24.1 Å². The lowest BCUT2D eigenvalue weighted by molar-refractivity contribution is -0.113. The van der Waals surface area contributed by atoms with E-state index < -0.39 is 0 Å². The lowest BCUT2D eigenvalue weighted by Gasteiger charge is -2.09. The number of rotatable bonds is 10. The van der Waals surface area contributed by atoms with Crippen molar-refractivity contribution in [3.63, 3.8) is 0 Å². The summed E-state index contributed by atoms with van der Waals surface area (Å²) in [5.74, 6) is 1.62. The van der Waals surface area contributed by atoms with Crippen LogP contribution in [0.3, 0.4) is 0 Å². The number of thioether (sulfide) groups is 1. The molecule has 0 bridgehead atoms. The number of hydrogen-bond acceptors (Lipinski definition) is 5. The molecular weight excluding hydrogens is 384 g/mol. The number of aromatic nitrogens is 3. The minimum absolute atomic E-state index is 0.0943. The molecule has 0 unspecified atom stereocenters. The summed E-state index contributed by atoms with van der Waals surface area (Å²) in [4.78, 5) is 12.2. The summed E-state index contributed by atoms with van der Waals surface area (Å²) in [6.45, 7) is 6.76. The fourth-order valence-corrected chi connectivity index (χ4v) is 3.43. The summed E-state index contributed by atoms with van der Waals surface area (Å²) in [5, 5.41) is 12.0. The van der Waals surface area contributed by atoms with Crippen LogP contribution in [-0.2, 0) is 24.4 Å². The quantitative estimate of drug-likeness (QED) is 0.399. The lowest BCUT2D eigenvalue weighted by atomic mass is 10.2. The minimum Gasteiger partial charge on any atom is -0.486 e. The average Bonchev–Trinajstić information content (AvgIpc) is 3.14. The van der Waals surface area contributed by atoms with E-state index in [9.17, 15) is 4.79 Å². The largest absolute Gasteiger partial charge is 0.486 e. The SMILES string of the molecule is C=CCn1c(COc2ccc(CC)cc2)nnc1SCC(=O)Nc1ccccc1. The zero-order valence-electron chi connectivity index (χ0n) is 16.4. The van der Waals surface area contributed by atoms with Gasteiger partial charge < -0.3 is 10.1 Å². The van der Waals surface area contributed by atoms with Gasteiger partial charge in [-0.25, -0.2) is 0 Å². The number of carbonyl (C=O) groups excluding carboxylic acids is 1. The molecule has 0 saturated carbocycles. The average molecular weight is 409 g/mol. The van der Waals surface area contributed by atoms with Crippen LogP contribution < -0.4 is 10.1 Å². The van der Waals surface area contributed by atoms with Gasteiger partial charge in [0.15, 0.2) is 11.0 Å². The van der Waals surface area contributed by atoms with Crippen LogP contribution in [-0.4, -0.2) is 26.4 Å². The first kappa shape index (κ1) is 20.7. The molecule has 0 radical (unpaired) electrons. The van der Waals surface area contributed by atoms with Crippen molar-refractivity contribution in [1.29, 1.82) is 0 Å². The molecule has 1 amide bonds. The van der Waals surface area contributed by atoms with Crippen molar-refractivity contribution < 1.29 is 9.53 Å². The molecule has 2 aromatic carbocycles. The maximum absolute atomic E-state index is 12.2. The Hall–Kier alpha value is -3.06. The molecule has 150 valence electrons. The molecule has 0 aliphatic carbocycles. The van der Waals surface area contributed by atoms with Gasteiger partial charge in [-0.1, -0.05) is 55.1 Å². The number of ether oxygens (including phenoxy) is 1. The first-order valence-electron chi connectivity index (χ1n) is 9.42. The van der Waals surface area contributed by atoms with E-state index in [1.807, 2.05) is 47.0 Å². The Morgan fingerprint density at radius 3 is 2.62 bits per heavy atom. The molecule has 0 aliphatic heterocycles. The number of benzene rings is 2. The molecule has 7 heteroatoms. The van der Waals surface area contributed by atoms with Gasteiger partial charge >= 0.3 is 0 Å². The summed E-state index contributed by atoms with van der Waals surface area (Å²) < 4.78 is 7.76. The molecule has 3 rings (SSSR count). The fraction of sp³-hybridized carbons (Fsp3) is 0.227. The van der Waals surface area contributed by atoms with E-state index >= 15 is 0 Å². The molecule has 0 spiro atoms. The number of nitrogens with zero attached hydrogens (tertiary/aromatic N) is 3. The van der Waals surface area contributed by atoms with Crippen molar-refractivity contribution in [1.82, 2.24) is 14.8 Å². The van der Waals surface area contributed by atoms with Gasteiger partial charge in [0.1, 0.15) is 12.4 Å². The predicted molar refractivity (Wildman–Crippen MR) is 116 cm³/mol. The third-order valence-electron chi connectivity index (χ3n) is 4.19. The molecular formula is C22H24N4O2S. The molecule has 6 nitrogen and oxygen atoms in total. The number of carbonyl (C=O) groups is 1. The number of para-hydroxylation sites is 1. The highest BCUT2D eigenvalue weighted by Crippen LogP contribution is 2.20.